The fourth-order valence-corrected chi connectivity index (χ4v) is 14.5. The van der Waals surface area contributed by atoms with Gasteiger partial charge < -0.3 is 43.5 Å². The number of rotatable bonds is 19. The van der Waals surface area contributed by atoms with E-state index < -0.39 is 58.6 Å². The summed E-state index contributed by atoms with van der Waals surface area (Å²) in [6, 6.07) is 60.2. The first-order valence-electron chi connectivity index (χ1n) is 32.7. The molecular weight excluding hydrogens is 1180 g/mol. The molecule has 2 spiro atoms. The van der Waals surface area contributed by atoms with Gasteiger partial charge in [-0.25, -0.2) is 9.59 Å². The van der Waals surface area contributed by atoms with Crippen molar-refractivity contribution in [3.8, 4) is 23.0 Å². The second-order valence-corrected chi connectivity index (χ2v) is 24.6. The molecule has 0 bridgehead atoms. The van der Waals surface area contributed by atoms with Crippen LogP contribution in [-0.2, 0) is 63.9 Å². The number of likely N-dealkylation sites (tertiary alicyclic amines) is 1. The number of aliphatic carboxylic acids is 1. The molecule has 1 N–H and O–H groups in total. The standard InChI is InChI=1S/C42H48N2O9.C36H30N2O3/c1-6-43(7-2)29-20-21-31-33(23-29)52-32-19-14-17-27(36(32)42(31)24-28-16-11-12-18-30(28)40(49)53-42)15-10-9-13-22-44-37(45)25(4)34(38(44)46)35(26(5)39(47)48)41(50)51-8-3;1-3-38(27-15-8-5-9-16-27)29-19-21-33-32(22-29)36(24-25-12-10-11-17-30(25)35(39)41-36)31-20-18-28(23-34(31)40-33)37(2)26-13-6-4-7-14-26/h11-12,14,16-21,23,25-26,34-35H,6-10,13,15,22,24H2,1-5H3,(H,47,48);4-23H,3,24H2,1-2H3. The smallest absolute Gasteiger partial charge is 0.339 e. The van der Waals surface area contributed by atoms with Crippen LogP contribution in [0.4, 0.5) is 28.4 Å². The highest BCUT2D eigenvalue weighted by atomic mass is 16.6. The van der Waals surface area contributed by atoms with Gasteiger partial charge in [0.05, 0.1) is 35.5 Å². The highest BCUT2D eigenvalue weighted by Crippen LogP contribution is 2.57. The zero-order valence-electron chi connectivity index (χ0n) is 54.1. The number of ether oxygens (including phenoxy) is 5. The minimum atomic E-state index is -1.27. The summed E-state index contributed by atoms with van der Waals surface area (Å²) >= 11 is 0. The molecule has 8 aromatic rings. The van der Waals surface area contributed by atoms with Crippen LogP contribution >= 0.6 is 0 Å². The number of para-hydroxylation sites is 2. The molecule has 2 amide bonds. The number of unbranched alkanes of at least 4 members (excludes halogenated alkanes) is 2. The Bertz CT molecular complexity index is 4210. The lowest BCUT2D eigenvalue weighted by molar-refractivity contribution is -0.162. The van der Waals surface area contributed by atoms with E-state index in [-0.39, 0.29) is 25.1 Å². The van der Waals surface area contributed by atoms with E-state index in [1.165, 1.54) is 11.8 Å². The van der Waals surface area contributed by atoms with E-state index in [1.807, 2.05) is 128 Å². The van der Waals surface area contributed by atoms with Crippen LogP contribution in [0.2, 0.25) is 0 Å². The van der Waals surface area contributed by atoms with Crippen molar-refractivity contribution in [3.63, 3.8) is 0 Å². The van der Waals surface area contributed by atoms with Crippen molar-refractivity contribution in [1.82, 2.24) is 4.90 Å². The molecule has 6 atom stereocenters. The lowest BCUT2D eigenvalue weighted by atomic mass is 9.74. The van der Waals surface area contributed by atoms with E-state index in [2.05, 4.69) is 90.1 Å². The predicted molar refractivity (Wildman–Crippen MR) is 360 cm³/mol. The fraction of sp³-hybridized carbons (Fsp3) is 0.308. The molecule has 0 aliphatic carbocycles. The molecule has 5 heterocycles. The topological polar surface area (TPSA) is 182 Å². The highest BCUT2D eigenvalue weighted by Gasteiger charge is 2.55. The molecule has 13 rings (SSSR count). The van der Waals surface area contributed by atoms with Crippen molar-refractivity contribution >= 4 is 64.1 Å². The molecule has 5 aliphatic rings. The number of esters is 3. The van der Waals surface area contributed by atoms with Crippen molar-refractivity contribution in [1.29, 1.82) is 0 Å². The van der Waals surface area contributed by atoms with Crippen molar-refractivity contribution in [2.24, 2.45) is 23.7 Å². The number of hydrogen-bond acceptors (Lipinski definition) is 14. The van der Waals surface area contributed by atoms with Gasteiger partial charge in [0.25, 0.3) is 0 Å². The van der Waals surface area contributed by atoms with Gasteiger partial charge in [-0.1, -0.05) is 105 Å². The van der Waals surface area contributed by atoms with E-state index in [0.717, 1.165) is 87.0 Å². The van der Waals surface area contributed by atoms with Crippen LogP contribution in [0.15, 0.2) is 182 Å². The largest absolute Gasteiger partial charge is 0.481 e. The fourth-order valence-electron chi connectivity index (χ4n) is 14.5. The summed E-state index contributed by atoms with van der Waals surface area (Å²) in [5.74, 6) is -5.41. The summed E-state index contributed by atoms with van der Waals surface area (Å²) in [6.07, 6.45) is 3.50. The summed E-state index contributed by atoms with van der Waals surface area (Å²) in [5.41, 5.74) is 10.4. The van der Waals surface area contributed by atoms with Gasteiger partial charge >= 0.3 is 23.9 Å². The third-order valence-electron chi connectivity index (χ3n) is 19.3. The summed E-state index contributed by atoms with van der Waals surface area (Å²) in [4.78, 5) is 86.6. The van der Waals surface area contributed by atoms with Crippen LogP contribution < -0.4 is 24.2 Å². The number of fused-ring (bicyclic) bond motifs is 10. The Morgan fingerprint density at radius 2 is 1.15 bits per heavy atom. The molecule has 0 saturated carbocycles. The Labute approximate surface area is 548 Å². The molecule has 94 heavy (non-hydrogen) atoms. The Morgan fingerprint density at radius 1 is 0.574 bits per heavy atom. The van der Waals surface area contributed by atoms with Gasteiger partial charge in [-0.2, -0.15) is 0 Å². The van der Waals surface area contributed by atoms with Crippen LogP contribution in [0, 0.1) is 23.7 Å². The lowest BCUT2D eigenvalue weighted by Crippen LogP contribution is -2.43. The highest BCUT2D eigenvalue weighted by molar-refractivity contribution is 6.07. The lowest BCUT2D eigenvalue weighted by Gasteiger charge is -2.43. The molecule has 0 aromatic heterocycles. The zero-order chi connectivity index (χ0) is 66.0. The maximum atomic E-state index is 13.7. The van der Waals surface area contributed by atoms with Gasteiger partial charge in [-0.3, -0.25) is 24.1 Å². The molecule has 482 valence electrons. The Kier molecular flexibility index (Phi) is 18.2. The van der Waals surface area contributed by atoms with E-state index in [1.54, 1.807) is 19.9 Å². The maximum absolute atomic E-state index is 13.7. The maximum Gasteiger partial charge on any atom is 0.339 e. The number of amides is 2. The van der Waals surface area contributed by atoms with E-state index in [4.69, 9.17) is 23.7 Å². The monoisotopic (exact) mass is 1260 g/mol. The summed E-state index contributed by atoms with van der Waals surface area (Å²) in [6.45, 7) is 13.5. The number of aryl methyl sites for hydroxylation is 1. The molecule has 16 heteroatoms. The van der Waals surface area contributed by atoms with Crippen molar-refractivity contribution in [3.05, 3.63) is 232 Å². The van der Waals surface area contributed by atoms with E-state index in [0.29, 0.717) is 72.6 Å². The Balaban J connectivity index is 0.000000186. The first kappa shape index (κ1) is 63.9. The van der Waals surface area contributed by atoms with Gasteiger partial charge in [0.2, 0.25) is 11.8 Å². The van der Waals surface area contributed by atoms with Gasteiger partial charge in [0, 0.05) is 115 Å². The first-order valence-corrected chi connectivity index (χ1v) is 32.7. The third kappa shape index (κ3) is 11.7. The van der Waals surface area contributed by atoms with Gasteiger partial charge in [-0.15, -0.1) is 0 Å². The average Bonchev–Trinajstić information content (AvgIpc) is 0.883. The quantitative estimate of drug-likeness (QED) is 0.0349. The SMILES string of the molecule is CCN(c1ccccc1)c1ccc2c(c1)C1(Cc3ccccc3C(=O)O1)c1ccc(N(C)c3ccccc3)cc1O2.CCOC(=O)C(C(C)C(=O)O)C1C(=O)N(CCCCCc2cccc3c2C2(Cc4ccccc4C(=O)O2)c2ccc(N(CC)CC)cc2O3)C(=O)C1C. The van der Waals surface area contributed by atoms with Crippen molar-refractivity contribution in [2.75, 3.05) is 54.5 Å². The number of imide groups is 1. The minimum absolute atomic E-state index is 0.0340. The molecule has 5 aliphatic heterocycles. The molecule has 0 radical (unpaired) electrons. The summed E-state index contributed by atoms with van der Waals surface area (Å²) in [5, 5.41) is 9.69. The molecule has 1 saturated heterocycles. The number of carbonyl (C=O) groups is 6. The molecule has 16 nitrogen and oxygen atoms in total. The van der Waals surface area contributed by atoms with Crippen LogP contribution in [0.3, 0.4) is 0 Å². The van der Waals surface area contributed by atoms with E-state index in [9.17, 15) is 33.9 Å². The molecular formula is C78H78N4O12. The van der Waals surface area contributed by atoms with Gasteiger partial charge in [0.1, 0.15) is 23.0 Å². The molecule has 6 unspecified atom stereocenters. The number of carbonyl (C=O) groups excluding carboxylic acids is 5. The predicted octanol–water partition coefficient (Wildman–Crippen LogP) is 14.9. The first-order chi connectivity index (χ1) is 45.5. The molecule has 1 fully saturated rings. The van der Waals surface area contributed by atoms with Gasteiger partial charge in [0.15, 0.2) is 11.2 Å². The molecule has 8 aromatic carbocycles. The number of hydrogen-bond donors (Lipinski definition) is 1. The van der Waals surface area contributed by atoms with Crippen LogP contribution in [-0.4, -0.2) is 85.5 Å². The summed E-state index contributed by atoms with van der Waals surface area (Å²) in [7, 11) is 2.04. The number of anilines is 5. The van der Waals surface area contributed by atoms with Crippen molar-refractivity contribution in [2.45, 2.75) is 91.3 Å². The van der Waals surface area contributed by atoms with Crippen LogP contribution in [0.5, 0.6) is 23.0 Å². The Hall–Kier alpha value is -10.2. The summed E-state index contributed by atoms with van der Waals surface area (Å²) < 4.78 is 31.4. The van der Waals surface area contributed by atoms with E-state index >= 15 is 0 Å². The van der Waals surface area contributed by atoms with Gasteiger partial charge in [-0.05, 0) is 149 Å². The minimum Gasteiger partial charge on any atom is -0.481 e. The number of carboxylic acid groups (broad SMARTS) is 1. The average molecular weight is 1260 g/mol. The second kappa shape index (κ2) is 26.8. The normalized spacial score (nSPS) is 19.2. The number of carboxylic acids is 1. The number of nitrogens with zero attached hydrogens (tertiary/aromatic N) is 4. The second-order valence-electron chi connectivity index (χ2n) is 24.6. The number of benzene rings is 8. The van der Waals surface area contributed by atoms with Crippen LogP contribution in [0.25, 0.3) is 0 Å². The van der Waals surface area contributed by atoms with Crippen LogP contribution in [0.1, 0.15) is 120 Å². The third-order valence-corrected chi connectivity index (χ3v) is 19.3. The Morgan fingerprint density at radius 3 is 1.79 bits per heavy atom. The zero-order valence-corrected chi connectivity index (χ0v) is 54.1. The van der Waals surface area contributed by atoms with Crippen molar-refractivity contribution < 1.29 is 57.6 Å².